The summed E-state index contributed by atoms with van der Waals surface area (Å²) >= 11 is 0. The number of carbonyl (C=O) groups is 1. The van der Waals surface area contributed by atoms with Crippen molar-refractivity contribution in [2.45, 2.75) is 13.8 Å². The van der Waals surface area contributed by atoms with E-state index in [9.17, 15) is 4.79 Å². The monoisotopic (exact) mass is 215 g/mol. The molecule has 2 rings (SSSR count). The molecule has 3 nitrogen and oxygen atoms in total. The molecule has 0 unspecified atom stereocenters. The van der Waals surface area contributed by atoms with Crippen LogP contribution in [0.25, 0.3) is 0 Å². The van der Waals surface area contributed by atoms with Crippen molar-refractivity contribution in [2.75, 3.05) is 5.73 Å². The highest BCUT2D eigenvalue weighted by atomic mass is 16.3. The molecule has 0 aliphatic heterocycles. The molecular formula is C13H13NO2. The molecule has 2 aromatic rings. The Bertz CT molecular complexity index is 541. The topological polar surface area (TPSA) is 56.2 Å². The molecule has 0 spiro atoms. The van der Waals surface area contributed by atoms with Gasteiger partial charge in [-0.1, -0.05) is 0 Å². The molecule has 0 aliphatic rings. The molecule has 0 bridgehead atoms. The molecule has 1 aromatic carbocycles. The number of hydrogen-bond donors (Lipinski definition) is 1. The van der Waals surface area contributed by atoms with E-state index < -0.39 is 0 Å². The fraction of sp³-hybridized carbons (Fsp3) is 0.154. The van der Waals surface area contributed by atoms with Crippen molar-refractivity contribution in [1.29, 1.82) is 0 Å². The molecule has 0 fully saturated rings. The number of nitrogen functional groups attached to an aromatic ring is 1. The first-order valence-corrected chi connectivity index (χ1v) is 5.04. The van der Waals surface area contributed by atoms with Gasteiger partial charge in [-0.25, -0.2) is 0 Å². The second-order valence-electron chi connectivity index (χ2n) is 3.85. The largest absolute Gasteiger partial charge is 0.469 e. The number of benzene rings is 1. The van der Waals surface area contributed by atoms with E-state index in [-0.39, 0.29) is 5.78 Å². The van der Waals surface area contributed by atoms with Gasteiger partial charge < -0.3 is 10.2 Å². The van der Waals surface area contributed by atoms with Gasteiger partial charge in [-0.2, -0.15) is 0 Å². The molecular weight excluding hydrogens is 202 g/mol. The maximum atomic E-state index is 12.1. The summed E-state index contributed by atoms with van der Waals surface area (Å²) in [6.45, 7) is 3.68. The van der Waals surface area contributed by atoms with Gasteiger partial charge in [0.15, 0.2) is 5.78 Å². The van der Waals surface area contributed by atoms with Crippen molar-refractivity contribution in [1.82, 2.24) is 0 Å². The van der Waals surface area contributed by atoms with E-state index in [2.05, 4.69) is 0 Å². The third kappa shape index (κ3) is 1.84. The smallest absolute Gasteiger partial charge is 0.196 e. The molecule has 0 saturated heterocycles. The van der Waals surface area contributed by atoms with Crippen LogP contribution in [0.2, 0.25) is 0 Å². The second-order valence-corrected chi connectivity index (χ2v) is 3.85. The van der Waals surface area contributed by atoms with Gasteiger partial charge in [0.05, 0.1) is 5.56 Å². The van der Waals surface area contributed by atoms with E-state index in [4.69, 9.17) is 10.2 Å². The number of ketones is 1. The van der Waals surface area contributed by atoms with Gasteiger partial charge in [0.2, 0.25) is 0 Å². The number of furan rings is 1. The van der Waals surface area contributed by atoms with Gasteiger partial charge in [0.25, 0.3) is 0 Å². The van der Waals surface area contributed by atoms with E-state index in [1.807, 2.05) is 13.8 Å². The van der Waals surface area contributed by atoms with Crippen LogP contribution in [0.5, 0.6) is 0 Å². The molecule has 0 saturated carbocycles. The van der Waals surface area contributed by atoms with Crippen LogP contribution in [-0.2, 0) is 0 Å². The average molecular weight is 215 g/mol. The van der Waals surface area contributed by atoms with Crippen LogP contribution in [0.3, 0.4) is 0 Å². The van der Waals surface area contributed by atoms with Crippen molar-refractivity contribution in [3.63, 3.8) is 0 Å². The Balaban J connectivity index is 2.41. The van der Waals surface area contributed by atoms with Crippen LogP contribution < -0.4 is 5.73 Å². The Kier molecular flexibility index (Phi) is 2.52. The Morgan fingerprint density at radius 2 is 2.00 bits per heavy atom. The number of aryl methyl sites for hydroxylation is 2. The Morgan fingerprint density at radius 1 is 1.25 bits per heavy atom. The lowest BCUT2D eigenvalue weighted by atomic mass is 10.0. The summed E-state index contributed by atoms with van der Waals surface area (Å²) in [4.78, 5) is 12.1. The zero-order valence-corrected chi connectivity index (χ0v) is 9.28. The predicted molar refractivity (Wildman–Crippen MR) is 62.5 cm³/mol. The maximum absolute atomic E-state index is 12.1. The van der Waals surface area contributed by atoms with Crippen LogP contribution in [0.4, 0.5) is 5.69 Å². The number of hydrogen-bond acceptors (Lipinski definition) is 3. The summed E-state index contributed by atoms with van der Waals surface area (Å²) in [6, 6.07) is 7.00. The van der Waals surface area contributed by atoms with Crippen LogP contribution in [-0.4, -0.2) is 5.78 Å². The molecule has 2 N–H and O–H groups in total. The van der Waals surface area contributed by atoms with Crippen molar-refractivity contribution in [3.05, 3.63) is 53.0 Å². The standard InChI is InChI=1S/C13H13NO2/c1-8-5-11(14)3-4-12(8)13(15)10-6-9(2)16-7-10/h3-7H,14H2,1-2H3. The fourth-order valence-electron chi connectivity index (χ4n) is 1.66. The normalized spacial score (nSPS) is 10.4. The number of nitrogens with two attached hydrogens (primary N) is 1. The van der Waals surface area contributed by atoms with Gasteiger partial charge in [0.1, 0.15) is 12.0 Å². The summed E-state index contributed by atoms with van der Waals surface area (Å²) < 4.78 is 5.13. The zero-order valence-electron chi connectivity index (χ0n) is 9.28. The lowest BCUT2D eigenvalue weighted by molar-refractivity contribution is 0.103. The Labute approximate surface area is 93.9 Å². The van der Waals surface area contributed by atoms with Crippen LogP contribution in [0, 0.1) is 13.8 Å². The fourth-order valence-corrected chi connectivity index (χ4v) is 1.66. The molecule has 1 heterocycles. The summed E-state index contributed by atoms with van der Waals surface area (Å²) in [5.74, 6) is 0.700. The van der Waals surface area contributed by atoms with E-state index in [1.54, 1.807) is 24.3 Å². The third-order valence-corrected chi connectivity index (χ3v) is 2.49. The molecule has 0 aliphatic carbocycles. The highest BCUT2D eigenvalue weighted by Gasteiger charge is 2.13. The van der Waals surface area contributed by atoms with Gasteiger partial charge >= 0.3 is 0 Å². The molecule has 1 aromatic heterocycles. The van der Waals surface area contributed by atoms with Crippen molar-refractivity contribution in [2.24, 2.45) is 0 Å². The zero-order chi connectivity index (χ0) is 11.7. The lowest BCUT2D eigenvalue weighted by Gasteiger charge is -2.03. The number of rotatable bonds is 2. The van der Waals surface area contributed by atoms with E-state index in [1.165, 1.54) is 6.26 Å². The van der Waals surface area contributed by atoms with Gasteiger partial charge in [-0.3, -0.25) is 4.79 Å². The van der Waals surface area contributed by atoms with E-state index >= 15 is 0 Å². The molecule has 0 amide bonds. The minimum atomic E-state index is -0.0330. The molecule has 0 radical (unpaired) electrons. The van der Waals surface area contributed by atoms with Crippen LogP contribution in [0.15, 0.2) is 34.9 Å². The summed E-state index contributed by atoms with van der Waals surface area (Å²) in [5, 5.41) is 0. The highest BCUT2D eigenvalue weighted by molar-refractivity contribution is 6.09. The Hall–Kier alpha value is -2.03. The lowest BCUT2D eigenvalue weighted by Crippen LogP contribution is -2.02. The Morgan fingerprint density at radius 3 is 2.56 bits per heavy atom. The second kappa shape index (κ2) is 3.85. The van der Waals surface area contributed by atoms with E-state index in [0.29, 0.717) is 16.8 Å². The quantitative estimate of drug-likeness (QED) is 0.619. The van der Waals surface area contributed by atoms with E-state index in [0.717, 1.165) is 11.3 Å². The minimum absolute atomic E-state index is 0.0330. The minimum Gasteiger partial charge on any atom is -0.469 e. The first-order valence-electron chi connectivity index (χ1n) is 5.04. The first kappa shape index (κ1) is 10.5. The van der Waals surface area contributed by atoms with Crippen LogP contribution in [0.1, 0.15) is 27.2 Å². The van der Waals surface area contributed by atoms with Gasteiger partial charge in [0, 0.05) is 11.3 Å². The molecule has 16 heavy (non-hydrogen) atoms. The molecule has 0 atom stereocenters. The third-order valence-electron chi connectivity index (χ3n) is 2.49. The molecule has 3 heteroatoms. The van der Waals surface area contributed by atoms with Crippen molar-refractivity contribution < 1.29 is 9.21 Å². The van der Waals surface area contributed by atoms with Crippen LogP contribution >= 0.6 is 0 Å². The maximum Gasteiger partial charge on any atom is 0.196 e. The van der Waals surface area contributed by atoms with Crippen molar-refractivity contribution >= 4 is 11.5 Å². The summed E-state index contributed by atoms with van der Waals surface area (Å²) in [5.41, 5.74) is 8.42. The number of anilines is 1. The average Bonchev–Trinajstić information content (AvgIpc) is 2.64. The predicted octanol–water partition coefficient (Wildman–Crippen LogP) is 2.71. The first-order chi connectivity index (χ1) is 7.58. The van der Waals surface area contributed by atoms with Gasteiger partial charge in [-0.05, 0) is 43.7 Å². The molecule has 82 valence electrons. The highest BCUT2D eigenvalue weighted by Crippen LogP contribution is 2.18. The summed E-state index contributed by atoms with van der Waals surface area (Å²) in [6.07, 6.45) is 1.48. The van der Waals surface area contributed by atoms with Crippen molar-refractivity contribution in [3.8, 4) is 0 Å². The number of carbonyl (C=O) groups excluding carboxylic acids is 1. The SMILES string of the molecule is Cc1cc(C(=O)c2ccc(N)cc2C)co1. The van der Waals surface area contributed by atoms with Gasteiger partial charge in [-0.15, -0.1) is 0 Å². The summed E-state index contributed by atoms with van der Waals surface area (Å²) in [7, 11) is 0.